The molecule has 0 atom stereocenters. The van der Waals surface area contributed by atoms with Gasteiger partial charge in [-0.15, -0.1) is 0 Å². The van der Waals surface area contributed by atoms with Crippen LogP contribution in [0.5, 0.6) is 0 Å². The van der Waals surface area contributed by atoms with Crippen molar-refractivity contribution in [1.82, 2.24) is 0 Å². The zero-order chi connectivity index (χ0) is 10.4. The zero-order valence-electron chi connectivity index (χ0n) is 8.84. The van der Waals surface area contributed by atoms with Crippen LogP contribution in [-0.4, -0.2) is 20.3 Å². The van der Waals surface area contributed by atoms with Gasteiger partial charge in [-0.05, 0) is 24.1 Å². The van der Waals surface area contributed by atoms with Gasteiger partial charge in [-0.25, -0.2) is 0 Å². The van der Waals surface area contributed by atoms with Crippen LogP contribution in [-0.2, 0) is 11.3 Å². The SMILES string of the molecule is COCCNc1cc(C)ccc1CN. The van der Waals surface area contributed by atoms with E-state index in [-0.39, 0.29) is 0 Å². The maximum atomic E-state index is 5.63. The first kappa shape index (κ1) is 11.0. The molecular weight excluding hydrogens is 176 g/mol. The Morgan fingerprint density at radius 1 is 1.43 bits per heavy atom. The molecule has 0 fully saturated rings. The summed E-state index contributed by atoms with van der Waals surface area (Å²) in [4.78, 5) is 0. The Bertz CT molecular complexity index is 287. The van der Waals surface area contributed by atoms with Gasteiger partial charge in [0.2, 0.25) is 0 Å². The van der Waals surface area contributed by atoms with E-state index in [2.05, 4.69) is 30.4 Å². The van der Waals surface area contributed by atoms with Crippen LogP contribution in [0, 0.1) is 6.92 Å². The maximum absolute atomic E-state index is 5.63. The molecule has 0 bridgehead atoms. The summed E-state index contributed by atoms with van der Waals surface area (Å²) in [6.45, 7) is 4.16. The molecule has 0 unspecified atom stereocenters. The number of hydrogen-bond donors (Lipinski definition) is 2. The minimum atomic E-state index is 0.565. The molecule has 0 aliphatic carbocycles. The first-order valence-electron chi connectivity index (χ1n) is 4.80. The van der Waals surface area contributed by atoms with E-state index in [0.717, 1.165) is 17.8 Å². The second-order valence-corrected chi connectivity index (χ2v) is 3.28. The monoisotopic (exact) mass is 194 g/mol. The van der Waals surface area contributed by atoms with Crippen LogP contribution in [0.3, 0.4) is 0 Å². The molecule has 3 N–H and O–H groups in total. The van der Waals surface area contributed by atoms with Crippen LogP contribution in [0.2, 0.25) is 0 Å². The average Bonchev–Trinajstić information content (AvgIpc) is 2.19. The van der Waals surface area contributed by atoms with Gasteiger partial charge in [0.15, 0.2) is 0 Å². The summed E-state index contributed by atoms with van der Waals surface area (Å²) in [7, 11) is 1.70. The quantitative estimate of drug-likeness (QED) is 0.698. The van der Waals surface area contributed by atoms with Crippen molar-refractivity contribution < 1.29 is 4.74 Å². The van der Waals surface area contributed by atoms with Crippen LogP contribution in [0.1, 0.15) is 11.1 Å². The smallest absolute Gasteiger partial charge is 0.0635 e. The topological polar surface area (TPSA) is 47.3 Å². The molecule has 0 aliphatic heterocycles. The minimum Gasteiger partial charge on any atom is -0.383 e. The fourth-order valence-electron chi connectivity index (χ4n) is 1.32. The van der Waals surface area contributed by atoms with Gasteiger partial charge in [-0.2, -0.15) is 0 Å². The Hall–Kier alpha value is -1.06. The van der Waals surface area contributed by atoms with Crippen molar-refractivity contribution in [2.75, 3.05) is 25.6 Å². The number of rotatable bonds is 5. The molecule has 0 saturated heterocycles. The first-order chi connectivity index (χ1) is 6.77. The van der Waals surface area contributed by atoms with Crippen molar-refractivity contribution in [3.05, 3.63) is 29.3 Å². The highest BCUT2D eigenvalue weighted by molar-refractivity contribution is 5.53. The van der Waals surface area contributed by atoms with Crippen LogP contribution < -0.4 is 11.1 Å². The van der Waals surface area contributed by atoms with Crippen molar-refractivity contribution in [2.24, 2.45) is 5.73 Å². The van der Waals surface area contributed by atoms with E-state index in [0.29, 0.717) is 13.2 Å². The molecule has 0 spiro atoms. The predicted octanol–water partition coefficient (Wildman–Crippen LogP) is 1.51. The molecule has 3 heteroatoms. The summed E-state index contributed by atoms with van der Waals surface area (Å²) >= 11 is 0. The number of nitrogens with one attached hydrogen (secondary N) is 1. The average molecular weight is 194 g/mol. The Labute approximate surface area is 85.3 Å². The number of hydrogen-bond acceptors (Lipinski definition) is 3. The molecule has 0 heterocycles. The Morgan fingerprint density at radius 3 is 2.86 bits per heavy atom. The van der Waals surface area contributed by atoms with Gasteiger partial charge in [0.25, 0.3) is 0 Å². The molecule has 1 aromatic rings. The van der Waals surface area contributed by atoms with E-state index in [1.807, 2.05) is 0 Å². The van der Waals surface area contributed by atoms with Crippen molar-refractivity contribution >= 4 is 5.69 Å². The molecule has 0 aliphatic rings. The van der Waals surface area contributed by atoms with Crippen molar-refractivity contribution in [3.63, 3.8) is 0 Å². The van der Waals surface area contributed by atoms with Gasteiger partial charge in [-0.3, -0.25) is 0 Å². The van der Waals surface area contributed by atoms with Crippen LogP contribution in [0.25, 0.3) is 0 Å². The summed E-state index contributed by atoms with van der Waals surface area (Å²) < 4.78 is 4.97. The Morgan fingerprint density at radius 2 is 2.21 bits per heavy atom. The summed E-state index contributed by atoms with van der Waals surface area (Å²) in [5, 5.41) is 3.30. The largest absolute Gasteiger partial charge is 0.383 e. The number of nitrogens with two attached hydrogens (primary N) is 1. The molecule has 0 aromatic heterocycles. The van der Waals surface area contributed by atoms with E-state index in [1.165, 1.54) is 5.56 Å². The Kier molecular flexibility index (Phi) is 4.43. The lowest BCUT2D eigenvalue weighted by Crippen LogP contribution is -2.10. The summed E-state index contributed by atoms with van der Waals surface area (Å²) in [5.74, 6) is 0. The van der Waals surface area contributed by atoms with E-state index in [4.69, 9.17) is 10.5 Å². The third kappa shape index (κ3) is 3.01. The highest BCUT2D eigenvalue weighted by Crippen LogP contribution is 2.16. The highest BCUT2D eigenvalue weighted by Gasteiger charge is 1.99. The Balaban J connectivity index is 2.67. The molecule has 78 valence electrons. The van der Waals surface area contributed by atoms with Crippen molar-refractivity contribution in [1.29, 1.82) is 0 Å². The van der Waals surface area contributed by atoms with E-state index >= 15 is 0 Å². The summed E-state index contributed by atoms with van der Waals surface area (Å²) in [6, 6.07) is 6.24. The van der Waals surface area contributed by atoms with Crippen LogP contribution >= 0.6 is 0 Å². The van der Waals surface area contributed by atoms with E-state index < -0.39 is 0 Å². The molecule has 0 radical (unpaired) electrons. The maximum Gasteiger partial charge on any atom is 0.0635 e. The lowest BCUT2D eigenvalue weighted by Gasteiger charge is -2.11. The standard InChI is InChI=1S/C11H18N2O/c1-9-3-4-10(8-12)11(7-9)13-5-6-14-2/h3-4,7,13H,5-6,8,12H2,1-2H3. The molecule has 1 rings (SSSR count). The lowest BCUT2D eigenvalue weighted by molar-refractivity contribution is 0.211. The van der Waals surface area contributed by atoms with Crippen LogP contribution in [0.4, 0.5) is 5.69 Å². The normalized spacial score (nSPS) is 10.2. The highest BCUT2D eigenvalue weighted by atomic mass is 16.5. The fraction of sp³-hybridized carbons (Fsp3) is 0.455. The molecule has 0 amide bonds. The first-order valence-corrected chi connectivity index (χ1v) is 4.80. The van der Waals surface area contributed by atoms with Gasteiger partial charge >= 0.3 is 0 Å². The van der Waals surface area contributed by atoms with Crippen molar-refractivity contribution in [3.8, 4) is 0 Å². The number of benzene rings is 1. The summed E-state index contributed by atoms with van der Waals surface area (Å²) in [6.07, 6.45) is 0. The molecule has 0 saturated carbocycles. The van der Waals surface area contributed by atoms with Crippen LogP contribution in [0.15, 0.2) is 18.2 Å². The van der Waals surface area contributed by atoms with Gasteiger partial charge in [0, 0.05) is 25.9 Å². The van der Waals surface area contributed by atoms with Crippen molar-refractivity contribution in [2.45, 2.75) is 13.5 Å². The van der Waals surface area contributed by atoms with E-state index in [1.54, 1.807) is 7.11 Å². The zero-order valence-corrected chi connectivity index (χ0v) is 8.84. The van der Waals surface area contributed by atoms with Gasteiger partial charge in [0.05, 0.1) is 6.61 Å². The third-order valence-corrected chi connectivity index (χ3v) is 2.11. The third-order valence-electron chi connectivity index (χ3n) is 2.11. The summed E-state index contributed by atoms with van der Waals surface area (Å²) in [5.41, 5.74) is 9.13. The molecular formula is C11H18N2O. The second-order valence-electron chi connectivity index (χ2n) is 3.28. The van der Waals surface area contributed by atoms with Gasteiger partial charge in [0.1, 0.15) is 0 Å². The number of ether oxygens (including phenoxy) is 1. The lowest BCUT2D eigenvalue weighted by atomic mass is 10.1. The number of methoxy groups -OCH3 is 1. The van der Waals surface area contributed by atoms with Gasteiger partial charge < -0.3 is 15.8 Å². The van der Waals surface area contributed by atoms with Gasteiger partial charge in [-0.1, -0.05) is 12.1 Å². The second kappa shape index (κ2) is 5.62. The number of anilines is 1. The minimum absolute atomic E-state index is 0.565. The molecule has 14 heavy (non-hydrogen) atoms. The molecule has 1 aromatic carbocycles. The molecule has 3 nitrogen and oxygen atoms in total. The predicted molar refractivity (Wildman–Crippen MR) is 59.4 cm³/mol. The fourth-order valence-corrected chi connectivity index (χ4v) is 1.32. The van der Waals surface area contributed by atoms with E-state index in [9.17, 15) is 0 Å². The number of aryl methyl sites for hydroxylation is 1.